The van der Waals surface area contributed by atoms with Crippen molar-refractivity contribution in [3.05, 3.63) is 29.8 Å². The number of carbonyl (C=O) groups excluding carboxylic acids is 2. The first kappa shape index (κ1) is 16.8. The second kappa shape index (κ2) is 7.24. The highest BCUT2D eigenvalue weighted by atomic mass is 16.5. The van der Waals surface area contributed by atoms with Gasteiger partial charge in [0.15, 0.2) is 0 Å². The van der Waals surface area contributed by atoms with Crippen LogP contribution in [0.15, 0.2) is 24.3 Å². The Morgan fingerprint density at radius 1 is 1.12 bits per heavy atom. The van der Waals surface area contributed by atoms with Crippen LogP contribution >= 0.6 is 0 Å². The second-order valence-electron chi connectivity index (χ2n) is 6.76. The molecule has 5 nitrogen and oxygen atoms in total. The minimum atomic E-state index is -0.447. The summed E-state index contributed by atoms with van der Waals surface area (Å²) in [6.45, 7) is 1.66. The molecule has 0 atom stereocenters. The van der Waals surface area contributed by atoms with Crippen molar-refractivity contribution in [2.75, 3.05) is 26.7 Å². The number of nitrogens with zero attached hydrogens (tertiary/aromatic N) is 1. The van der Waals surface area contributed by atoms with Gasteiger partial charge in [0.25, 0.3) is 0 Å². The summed E-state index contributed by atoms with van der Waals surface area (Å²) in [6.07, 6.45) is 5.49. The molecule has 3 rings (SSSR count). The highest BCUT2D eigenvalue weighted by Crippen LogP contribution is 2.41. The summed E-state index contributed by atoms with van der Waals surface area (Å²) in [5, 5.41) is 2.85. The lowest BCUT2D eigenvalue weighted by atomic mass is 9.68. The van der Waals surface area contributed by atoms with Gasteiger partial charge in [-0.15, -0.1) is 0 Å². The van der Waals surface area contributed by atoms with Crippen molar-refractivity contribution < 1.29 is 14.3 Å². The summed E-state index contributed by atoms with van der Waals surface area (Å²) < 4.78 is 5.25. The lowest BCUT2D eigenvalue weighted by Crippen LogP contribution is -2.49. The molecule has 0 spiro atoms. The molecule has 1 aliphatic heterocycles. The number of ether oxygens (including phenoxy) is 1. The van der Waals surface area contributed by atoms with Crippen LogP contribution in [0.2, 0.25) is 0 Å². The van der Waals surface area contributed by atoms with E-state index in [0.29, 0.717) is 26.1 Å². The molecule has 1 aliphatic carbocycles. The average molecular weight is 330 g/mol. The van der Waals surface area contributed by atoms with E-state index in [1.54, 1.807) is 7.11 Å². The molecule has 0 radical (unpaired) electrons. The van der Waals surface area contributed by atoms with Gasteiger partial charge in [0.05, 0.1) is 12.5 Å². The van der Waals surface area contributed by atoms with E-state index in [1.165, 1.54) is 6.42 Å². The zero-order valence-electron chi connectivity index (χ0n) is 14.3. The summed E-state index contributed by atoms with van der Waals surface area (Å²) in [7, 11) is 1.65. The minimum Gasteiger partial charge on any atom is -0.497 e. The molecule has 2 aliphatic rings. The topological polar surface area (TPSA) is 58.6 Å². The van der Waals surface area contributed by atoms with E-state index in [4.69, 9.17) is 4.74 Å². The van der Waals surface area contributed by atoms with Crippen LogP contribution in [-0.2, 0) is 15.0 Å². The number of benzene rings is 1. The van der Waals surface area contributed by atoms with Gasteiger partial charge in [-0.3, -0.25) is 9.59 Å². The van der Waals surface area contributed by atoms with Crippen LogP contribution in [0.25, 0.3) is 0 Å². The predicted octanol–water partition coefficient (Wildman–Crippen LogP) is 2.25. The molecule has 1 N–H and O–H groups in total. The fraction of sp³-hybridized carbons (Fsp3) is 0.579. The molecule has 5 heteroatoms. The van der Waals surface area contributed by atoms with E-state index in [-0.39, 0.29) is 11.8 Å². The predicted molar refractivity (Wildman–Crippen MR) is 92.0 cm³/mol. The Hall–Kier alpha value is -2.04. The zero-order valence-corrected chi connectivity index (χ0v) is 14.3. The first-order chi connectivity index (χ1) is 11.7. The Morgan fingerprint density at radius 2 is 1.83 bits per heavy atom. The number of nitrogens with one attached hydrogen (secondary N) is 1. The van der Waals surface area contributed by atoms with Gasteiger partial charge in [-0.25, -0.2) is 0 Å². The molecule has 2 fully saturated rings. The zero-order chi connectivity index (χ0) is 17.0. The van der Waals surface area contributed by atoms with Crippen LogP contribution in [0, 0.1) is 0 Å². The maximum atomic E-state index is 13.4. The smallest absolute Gasteiger partial charge is 0.233 e. The van der Waals surface area contributed by atoms with E-state index in [2.05, 4.69) is 5.32 Å². The van der Waals surface area contributed by atoms with Crippen LogP contribution in [0.1, 0.15) is 44.1 Å². The molecule has 0 bridgehead atoms. The highest BCUT2D eigenvalue weighted by Gasteiger charge is 2.43. The summed E-state index contributed by atoms with van der Waals surface area (Å²) in [4.78, 5) is 26.9. The number of hydrogen-bond acceptors (Lipinski definition) is 3. The molecule has 1 aromatic carbocycles. The van der Waals surface area contributed by atoms with Gasteiger partial charge in [-0.1, -0.05) is 31.4 Å². The van der Waals surface area contributed by atoms with E-state index < -0.39 is 5.41 Å². The van der Waals surface area contributed by atoms with Gasteiger partial charge in [-0.05, 0) is 30.5 Å². The van der Waals surface area contributed by atoms with Crippen LogP contribution in [-0.4, -0.2) is 43.5 Å². The van der Waals surface area contributed by atoms with Crippen molar-refractivity contribution in [1.82, 2.24) is 10.2 Å². The molecular weight excluding hydrogens is 304 g/mol. The van der Waals surface area contributed by atoms with Crippen LogP contribution < -0.4 is 10.1 Å². The highest BCUT2D eigenvalue weighted by molar-refractivity contribution is 5.89. The average Bonchev–Trinajstić information content (AvgIpc) is 2.86. The summed E-state index contributed by atoms with van der Waals surface area (Å²) in [5.41, 5.74) is 0.634. The van der Waals surface area contributed by atoms with Crippen molar-refractivity contribution in [3.8, 4) is 5.75 Å². The normalized spacial score (nSPS) is 20.9. The SMILES string of the molecule is COc1ccc(C2(C(=O)N3CCNC(=O)CC3)CCCCC2)cc1. The molecule has 1 aromatic rings. The summed E-state index contributed by atoms with van der Waals surface area (Å²) in [5.74, 6) is 1.03. The molecule has 1 saturated carbocycles. The van der Waals surface area contributed by atoms with Crippen molar-refractivity contribution >= 4 is 11.8 Å². The number of amides is 2. The second-order valence-corrected chi connectivity index (χ2v) is 6.76. The number of methoxy groups -OCH3 is 1. The minimum absolute atomic E-state index is 0.0347. The van der Waals surface area contributed by atoms with Crippen LogP contribution in [0.3, 0.4) is 0 Å². The molecule has 0 aromatic heterocycles. The molecule has 1 saturated heterocycles. The lowest BCUT2D eigenvalue weighted by molar-refractivity contribution is -0.138. The summed E-state index contributed by atoms with van der Waals surface area (Å²) >= 11 is 0. The van der Waals surface area contributed by atoms with E-state index in [1.807, 2.05) is 29.2 Å². The van der Waals surface area contributed by atoms with Gasteiger partial charge >= 0.3 is 0 Å². The van der Waals surface area contributed by atoms with Crippen LogP contribution in [0.5, 0.6) is 5.75 Å². The number of carbonyl (C=O) groups is 2. The van der Waals surface area contributed by atoms with Crippen molar-refractivity contribution in [1.29, 1.82) is 0 Å². The van der Waals surface area contributed by atoms with Gasteiger partial charge in [-0.2, -0.15) is 0 Å². The Balaban J connectivity index is 1.89. The summed E-state index contributed by atoms with van der Waals surface area (Å²) in [6, 6.07) is 7.94. The van der Waals surface area contributed by atoms with Crippen LogP contribution in [0.4, 0.5) is 0 Å². The Morgan fingerprint density at radius 3 is 2.50 bits per heavy atom. The largest absolute Gasteiger partial charge is 0.497 e. The van der Waals surface area contributed by atoms with Gasteiger partial charge in [0, 0.05) is 26.1 Å². The lowest BCUT2D eigenvalue weighted by Gasteiger charge is -2.40. The molecule has 130 valence electrons. The molecule has 24 heavy (non-hydrogen) atoms. The van der Waals surface area contributed by atoms with E-state index in [0.717, 1.165) is 37.0 Å². The molecule has 2 amide bonds. The van der Waals surface area contributed by atoms with E-state index in [9.17, 15) is 9.59 Å². The third-order valence-corrected chi connectivity index (χ3v) is 5.36. The third-order valence-electron chi connectivity index (χ3n) is 5.36. The van der Waals surface area contributed by atoms with Gasteiger partial charge in [0.2, 0.25) is 11.8 Å². The molecule has 0 unspecified atom stereocenters. The monoisotopic (exact) mass is 330 g/mol. The number of rotatable bonds is 3. The maximum Gasteiger partial charge on any atom is 0.233 e. The van der Waals surface area contributed by atoms with Crippen molar-refractivity contribution in [3.63, 3.8) is 0 Å². The van der Waals surface area contributed by atoms with Gasteiger partial charge < -0.3 is 15.0 Å². The quantitative estimate of drug-likeness (QED) is 0.925. The fourth-order valence-electron chi connectivity index (χ4n) is 3.96. The van der Waals surface area contributed by atoms with Crippen molar-refractivity contribution in [2.24, 2.45) is 0 Å². The standard InChI is InChI=1S/C19H26N2O3/c1-24-16-7-5-15(6-8-16)19(10-3-2-4-11-19)18(23)21-13-9-17(22)20-12-14-21/h5-8H,2-4,9-14H2,1H3,(H,20,22). The first-order valence-corrected chi connectivity index (χ1v) is 8.86. The van der Waals surface area contributed by atoms with E-state index >= 15 is 0 Å². The fourth-order valence-corrected chi connectivity index (χ4v) is 3.96. The molecular formula is C19H26N2O3. The third kappa shape index (κ3) is 3.25. The Bertz CT molecular complexity index is 591. The van der Waals surface area contributed by atoms with Gasteiger partial charge in [0.1, 0.15) is 5.75 Å². The maximum absolute atomic E-state index is 13.4. The Labute approximate surface area is 143 Å². The Kier molecular flexibility index (Phi) is 5.07. The molecule has 1 heterocycles. The number of hydrogen-bond donors (Lipinski definition) is 1. The van der Waals surface area contributed by atoms with Crippen molar-refractivity contribution in [2.45, 2.75) is 43.9 Å². The first-order valence-electron chi connectivity index (χ1n) is 8.86.